The van der Waals surface area contributed by atoms with E-state index in [0.717, 1.165) is 23.1 Å². The minimum absolute atomic E-state index is 0.0149. The van der Waals surface area contributed by atoms with E-state index in [9.17, 15) is 4.79 Å². The van der Waals surface area contributed by atoms with Crippen LogP contribution in [0.15, 0.2) is 9.95 Å². The highest BCUT2D eigenvalue weighted by molar-refractivity contribution is 7.99. The van der Waals surface area contributed by atoms with Crippen LogP contribution in [-0.2, 0) is 12.8 Å². The first-order valence-electron chi connectivity index (χ1n) is 5.90. The van der Waals surface area contributed by atoms with E-state index >= 15 is 0 Å². The lowest BCUT2D eigenvalue weighted by Crippen LogP contribution is -2.10. The summed E-state index contributed by atoms with van der Waals surface area (Å²) in [6, 6.07) is 0. The van der Waals surface area contributed by atoms with E-state index in [1.807, 2.05) is 0 Å². The van der Waals surface area contributed by atoms with Crippen molar-refractivity contribution in [1.29, 1.82) is 0 Å². The monoisotopic (exact) mass is 276 g/mol. The molecule has 3 nitrogen and oxygen atoms in total. The van der Waals surface area contributed by atoms with E-state index in [-0.39, 0.29) is 5.56 Å². The minimum atomic E-state index is -0.0149. The Kier molecular flexibility index (Phi) is 3.14. The van der Waals surface area contributed by atoms with E-state index in [2.05, 4.69) is 15.9 Å². The topological polar surface area (TPSA) is 45.8 Å². The van der Waals surface area contributed by atoms with Crippen molar-refractivity contribution in [2.75, 3.05) is 5.75 Å². The summed E-state index contributed by atoms with van der Waals surface area (Å²) in [4.78, 5) is 21.7. The van der Waals surface area contributed by atoms with Gasteiger partial charge in [0.1, 0.15) is 4.83 Å². The first kappa shape index (κ1) is 11.8. The van der Waals surface area contributed by atoms with Gasteiger partial charge in [0.05, 0.1) is 11.1 Å². The number of aryl methyl sites for hydroxylation is 2. The van der Waals surface area contributed by atoms with Gasteiger partial charge in [-0.25, -0.2) is 4.98 Å². The van der Waals surface area contributed by atoms with Crippen molar-refractivity contribution >= 4 is 33.3 Å². The van der Waals surface area contributed by atoms with Gasteiger partial charge in [0.2, 0.25) is 0 Å². The zero-order chi connectivity index (χ0) is 12.5. The molecule has 5 heteroatoms. The molecule has 0 saturated carbocycles. The molecule has 2 aromatic heterocycles. The molecule has 2 heterocycles. The van der Waals surface area contributed by atoms with Crippen molar-refractivity contribution in [3.05, 3.63) is 20.8 Å². The lowest BCUT2D eigenvalue weighted by Gasteiger charge is -2.09. The van der Waals surface area contributed by atoms with Crippen molar-refractivity contribution in [2.24, 2.45) is 0 Å². The third-order valence-electron chi connectivity index (χ3n) is 3.10. The number of hydrogen-bond donors (Lipinski definition) is 1. The highest BCUT2D eigenvalue weighted by atomic mass is 32.2. The molecule has 92 valence electrons. The molecular formula is C13H12N2OS2. The number of terminal acetylenes is 1. The van der Waals surface area contributed by atoms with Crippen LogP contribution in [0.3, 0.4) is 0 Å². The first-order valence-corrected chi connectivity index (χ1v) is 7.70. The van der Waals surface area contributed by atoms with Crippen LogP contribution in [0.2, 0.25) is 0 Å². The second-order valence-electron chi connectivity index (χ2n) is 4.25. The van der Waals surface area contributed by atoms with Gasteiger partial charge in [-0.1, -0.05) is 17.7 Å². The average molecular weight is 276 g/mol. The molecule has 1 aliphatic rings. The molecule has 0 amide bonds. The third kappa shape index (κ3) is 1.96. The molecule has 0 saturated heterocycles. The lowest BCUT2D eigenvalue weighted by atomic mass is 9.97. The summed E-state index contributed by atoms with van der Waals surface area (Å²) in [5, 5.41) is 1.43. The van der Waals surface area contributed by atoms with E-state index < -0.39 is 0 Å². The molecule has 1 N–H and O–H groups in total. The van der Waals surface area contributed by atoms with E-state index in [1.165, 1.54) is 35.0 Å². The molecule has 0 atom stereocenters. The molecule has 0 radical (unpaired) electrons. The van der Waals surface area contributed by atoms with Crippen molar-refractivity contribution in [2.45, 2.75) is 30.8 Å². The second kappa shape index (κ2) is 4.79. The van der Waals surface area contributed by atoms with Crippen molar-refractivity contribution in [1.82, 2.24) is 9.97 Å². The minimum Gasteiger partial charge on any atom is -0.301 e. The number of thioether (sulfide) groups is 1. The molecular weight excluding hydrogens is 264 g/mol. The van der Waals surface area contributed by atoms with Crippen LogP contribution in [-0.4, -0.2) is 15.7 Å². The van der Waals surface area contributed by atoms with Crippen molar-refractivity contribution < 1.29 is 0 Å². The Bertz CT molecular complexity index is 693. The number of nitrogens with one attached hydrogen (secondary N) is 1. The van der Waals surface area contributed by atoms with Crippen LogP contribution in [0.1, 0.15) is 23.3 Å². The van der Waals surface area contributed by atoms with E-state index in [4.69, 9.17) is 6.42 Å². The smallest absolute Gasteiger partial charge is 0.260 e. The number of fused-ring (bicyclic) bond motifs is 3. The fourth-order valence-electron chi connectivity index (χ4n) is 2.32. The highest BCUT2D eigenvalue weighted by Crippen LogP contribution is 2.33. The maximum absolute atomic E-state index is 12.1. The molecule has 3 rings (SSSR count). The van der Waals surface area contributed by atoms with Gasteiger partial charge in [-0.2, -0.15) is 0 Å². The van der Waals surface area contributed by atoms with Gasteiger partial charge < -0.3 is 4.98 Å². The van der Waals surface area contributed by atoms with Crippen LogP contribution in [0.25, 0.3) is 10.2 Å². The molecule has 0 spiro atoms. The Morgan fingerprint density at radius 3 is 3.11 bits per heavy atom. The third-order valence-corrected chi connectivity index (χ3v) is 5.06. The molecule has 0 unspecified atom stereocenters. The predicted molar refractivity (Wildman–Crippen MR) is 76.4 cm³/mol. The Labute approximate surface area is 113 Å². The Morgan fingerprint density at radius 1 is 1.44 bits per heavy atom. The van der Waals surface area contributed by atoms with E-state index in [1.54, 1.807) is 11.3 Å². The number of aromatic amines is 1. The van der Waals surface area contributed by atoms with Gasteiger partial charge in [0, 0.05) is 4.88 Å². The SMILES string of the molecule is C#CCSc1nc2sc3c(c2c(=O)[nH]1)CCCC3. The second-order valence-corrected chi connectivity index (χ2v) is 6.30. The predicted octanol–water partition coefficient (Wildman–Crippen LogP) is 2.59. The van der Waals surface area contributed by atoms with Crippen molar-refractivity contribution in [3.63, 3.8) is 0 Å². The van der Waals surface area contributed by atoms with Crippen LogP contribution in [0, 0.1) is 12.3 Å². The molecule has 0 aromatic carbocycles. The Balaban J connectivity index is 2.15. The Hall–Kier alpha value is -1.25. The number of thiophene rings is 1. The number of rotatable bonds is 2. The standard InChI is InChI=1S/C13H12N2OS2/c1-2-7-17-13-14-11(16)10-8-5-3-4-6-9(8)18-12(10)15-13/h1H,3-7H2,(H,14,15,16). The van der Waals surface area contributed by atoms with Gasteiger partial charge >= 0.3 is 0 Å². The fourth-order valence-corrected chi connectivity index (χ4v) is 4.18. The Morgan fingerprint density at radius 2 is 2.28 bits per heavy atom. The maximum atomic E-state index is 12.1. The summed E-state index contributed by atoms with van der Waals surface area (Å²) < 4.78 is 0. The van der Waals surface area contributed by atoms with Crippen molar-refractivity contribution in [3.8, 4) is 12.3 Å². The molecule has 18 heavy (non-hydrogen) atoms. The average Bonchev–Trinajstić information content (AvgIpc) is 2.74. The molecule has 0 fully saturated rings. The van der Waals surface area contributed by atoms with E-state index in [0.29, 0.717) is 10.9 Å². The van der Waals surface area contributed by atoms with Gasteiger partial charge in [-0.3, -0.25) is 4.79 Å². The number of nitrogens with zero attached hydrogens (tertiary/aromatic N) is 1. The molecule has 1 aliphatic carbocycles. The number of aromatic nitrogens is 2. The van der Waals surface area contributed by atoms with Gasteiger partial charge in [-0.05, 0) is 31.2 Å². The quantitative estimate of drug-likeness (QED) is 0.521. The lowest BCUT2D eigenvalue weighted by molar-refractivity contribution is 0.700. The number of hydrogen-bond acceptors (Lipinski definition) is 4. The van der Waals surface area contributed by atoms with Crippen LogP contribution in [0.5, 0.6) is 0 Å². The fraction of sp³-hybridized carbons (Fsp3) is 0.385. The normalized spacial score (nSPS) is 14.4. The van der Waals surface area contributed by atoms with Crippen LogP contribution < -0.4 is 5.56 Å². The zero-order valence-electron chi connectivity index (χ0n) is 9.78. The van der Waals surface area contributed by atoms with Gasteiger partial charge in [0.15, 0.2) is 5.16 Å². The van der Waals surface area contributed by atoms with Gasteiger partial charge in [-0.15, -0.1) is 17.8 Å². The van der Waals surface area contributed by atoms with Gasteiger partial charge in [0.25, 0.3) is 5.56 Å². The number of H-pyrrole nitrogens is 1. The molecule has 0 bridgehead atoms. The summed E-state index contributed by atoms with van der Waals surface area (Å²) in [6.45, 7) is 0. The zero-order valence-corrected chi connectivity index (χ0v) is 11.4. The molecule has 2 aromatic rings. The summed E-state index contributed by atoms with van der Waals surface area (Å²) >= 11 is 3.06. The maximum Gasteiger partial charge on any atom is 0.260 e. The largest absolute Gasteiger partial charge is 0.301 e. The summed E-state index contributed by atoms with van der Waals surface area (Å²) in [5.41, 5.74) is 1.21. The summed E-state index contributed by atoms with van der Waals surface area (Å²) in [7, 11) is 0. The summed E-state index contributed by atoms with van der Waals surface area (Å²) in [5.74, 6) is 3.06. The highest BCUT2D eigenvalue weighted by Gasteiger charge is 2.19. The molecule has 0 aliphatic heterocycles. The van der Waals surface area contributed by atoms with Crippen LogP contribution >= 0.6 is 23.1 Å². The first-order chi connectivity index (χ1) is 8.79. The van der Waals surface area contributed by atoms with Crippen LogP contribution in [0.4, 0.5) is 0 Å². The summed E-state index contributed by atoms with van der Waals surface area (Å²) in [6.07, 6.45) is 9.71.